The number of aromatic hydroxyl groups is 1. The Balaban J connectivity index is 2.14. The Morgan fingerprint density at radius 1 is 1.29 bits per heavy atom. The number of fused-ring (bicyclic) bond motifs is 3. The molecule has 2 nitrogen and oxygen atoms in total. The minimum Gasteiger partial charge on any atom is -0.508 e. The van der Waals surface area contributed by atoms with Gasteiger partial charge in [0.2, 0.25) is 0 Å². The van der Waals surface area contributed by atoms with Crippen LogP contribution in [0.25, 0.3) is 0 Å². The molecule has 0 spiro atoms. The highest BCUT2D eigenvalue weighted by Gasteiger charge is 2.49. The maximum absolute atomic E-state index is 10.0. The lowest BCUT2D eigenvalue weighted by atomic mass is 9.54. The summed E-state index contributed by atoms with van der Waals surface area (Å²) in [5.41, 5.74) is 3.24. The lowest BCUT2D eigenvalue weighted by Crippen LogP contribution is -2.53. The van der Waals surface area contributed by atoms with Crippen molar-refractivity contribution < 1.29 is 5.11 Å². The standard InChI is InChI=1S/C19H29NO/c1-4-10-19-11-6-5-7-16(19)18(20(2)3)12-14-8-9-15(21)13-17(14)19/h8-9,13,16,18,21H,4-7,10-12H2,1-3H3/t16?,18?,19-/m0/s1. The summed E-state index contributed by atoms with van der Waals surface area (Å²) in [6.45, 7) is 2.31. The van der Waals surface area contributed by atoms with Gasteiger partial charge in [0.05, 0.1) is 0 Å². The molecule has 116 valence electrons. The van der Waals surface area contributed by atoms with Crippen molar-refractivity contribution in [1.29, 1.82) is 0 Å². The minimum atomic E-state index is 0.300. The van der Waals surface area contributed by atoms with E-state index in [1.54, 1.807) is 0 Å². The van der Waals surface area contributed by atoms with E-state index in [2.05, 4.69) is 38.1 Å². The van der Waals surface area contributed by atoms with Crippen LogP contribution in [0.1, 0.15) is 56.6 Å². The van der Waals surface area contributed by atoms with Crippen LogP contribution in [0.4, 0.5) is 0 Å². The largest absolute Gasteiger partial charge is 0.508 e. The van der Waals surface area contributed by atoms with Gasteiger partial charge in [-0.15, -0.1) is 0 Å². The molecule has 2 aliphatic carbocycles. The van der Waals surface area contributed by atoms with Crippen LogP contribution < -0.4 is 0 Å². The third-order valence-corrected chi connectivity index (χ3v) is 5.98. The van der Waals surface area contributed by atoms with E-state index in [0.717, 1.165) is 12.3 Å². The van der Waals surface area contributed by atoms with Gasteiger partial charge in [-0.25, -0.2) is 0 Å². The summed E-state index contributed by atoms with van der Waals surface area (Å²) in [5, 5.41) is 10.0. The number of hydrogen-bond acceptors (Lipinski definition) is 2. The van der Waals surface area contributed by atoms with E-state index in [0.29, 0.717) is 17.2 Å². The SMILES string of the molecule is CCC[C@]12CCCCC1C(N(C)C)Cc1ccc(O)cc12. The summed E-state index contributed by atoms with van der Waals surface area (Å²) in [5.74, 6) is 1.19. The van der Waals surface area contributed by atoms with Gasteiger partial charge in [-0.1, -0.05) is 32.3 Å². The van der Waals surface area contributed by atoms with E-state index in [9.17, 15) is 5.11 Å². The van der Waals surface area contributed by atoms with Gasteiger partial charge in [0.15, 0.2) is 0 Å². The molecule has 2 heteroatoms. The molecular formula is C19H29NO. The van der Waals surface area contributed by atoms with Gasteiger partial charge in [0.25, 0.3) is 0 Å². The van der Waals surface area contributed by atoms with Crippen molar-refractivity contribution in [3.63, 3.8) is 0 Å². The Hall–Kier alpha value is -1.02. The van der Waals surface area contributed by atoms with Gasteiger partial charge >= 0.3 is 0 Å². The summed E-state index contributed by atoms with van der Waals surface area (Å²) in [4.78, 5) is 2.44. The van der Waals surface area contributed by atoms with Gasteiger partial charge in [-0.3, -0.25) is 0 Å². The number of hydrogen-bond donors (Lipinski definition) is 1. The number of nitrogens with zero attached hydrogens (tertiary/aromatic N) is 1. The van der Waals surface area contributed by atoms with Crippen molar-refractivity contribution in [2.75, 3.05) is 14.1 Å². The zero-order chi connectivity index (χ0) is 15.0. The molecule has 0 aromatic heterocycles. The summed E-state index contributed by atoms with van der Waals surface area (Å²) in [7, 11) is 4.47. The molecule has 2 aliphatic rings. The van der Waals surface area contributed by atoms with Gasteiger partial charge in [0, 0.05) is 11.5 Å². The Bertz CT molecular complexity index is 506. The van der Waals surface area contributed by atoms with Crippen LogP contribution in [-0.2, 0) is 11.8 Å². The first-order chi connectivity index (χ1) is 10.1. The molecule has 0 radical (unpaired) electrons. The molecule has 0 saturated heterocycles. The molecule has 3 rings (SSSR count). The van der Waals surface area contributed by atoms with Gasteiger partial charge in [-0.05, 0) is 69.0 Å². The number of likely N-dealkylation sites (N-methyl/N-ethyl adjacent to an activating group) is 1. The molecule has 1 N–H and O–H groups in total. The number of phenols is 1. The lowest BCUT2D eigenvalue weighted by molar-refractivity contribution is 0.0644. The van der Waals surface area contributed by atoms with Crippen LogP contribution in [0, 0.1) is 5.92 Å². The maximum atomic E-state index is 10.0. The third kappa shape index (κ3) is 2.38. The van der Waals surface area contributed by atoms with Crippen molar-refractivity contribution in [1.82, 2.24) is 4.90 Å². The fourth-order valence-corrected chi connectivity index (χ4v) is 5.17. The lowest BCUT2D eigenvalue weighted by Gasteiger charge is -2.54. The van der Waals surface area contributed by atoms with Gasteiger partial charge < -0.3 is 10.0 Å². The zero-order valence-corrected chi connectivity index (χ0v) is 13.7. The van der Waals surface area contributed by atoms with Crippen LogP contribution in [0.3, 0.4) is 0 Å². The Morgan fingerprint density at radius 2 is 2.10 bits per heavy atom. The van der Waals surface area contributed by atoms with Crippen molar-refractivity contribution in [2.45, 2.75) is 63.3 Å². The van der Waals surface area contributed by atoms with E-state index in [1.165, 1.54) is 49.7 Å². The first-order valence-corrected chi connectivity index (χ1v) is 8.57. The van der Waals surface area contributed by atoms with Crippen LogP contribution in [-0.4, -0.2) is 30.1 Å². The molecule has 2 unspecified atom stereocenters. The highest BCUT2D eigenvalue weighted by molar-refractivity contribution is 5.44. The number of phenolic OH excluding ortho intramolecular Hbond substituents is 1. The highest BCUT2D eigenvalue weighted by atomic mass is 16.3. The van der Waals surface area contributed by atoms with Crippen LogP contribution in [0.15, 0.2) is 18.2 Å². The fourth-order valence-electron chi connectivity index (χ4n) is 5.17. The first kappa shape index (κ1) is 14.9. The van der Waals surface area contributed by atoms with E-state index in [-0.39, 0.29) is 0 Å². The second kappa shape index (κ2) is 5.64. The quantitative estimate of drug-likeness (QED) is 0.904. The molecule has 0 bridgehead atoms. The zero-order valence-electron chi connectivity index (χ0n) is 13.7. The molecule has 21 heavy (non-hydrogen) atoms. The molecule has 1 aromatic rings. The van der Waals surface area contributed by atoms with E-state index in [4.69, 9.17) is 0 Å². The molecule has 1 fully saturated rings. The second-order valence-corrected chi connectivity index (χ2v) is 7.33. The smallest absolute Gasteiger partial charge is 0.115 e. The molecule has 0 amide bonds. The maximum Gasteiger partial charge on any atom is 0.115 e. The molecule has 1 aromatic carbocycles. The van der Waals surface area contributed by atoms with Crippen molar-refractivity contribution in [3.05, 3.63) is 29.3 Å². The predicted molar refractivity (Wildman–Crippen MR) is 87.8 cm³/mol. The number of benzene rings is 1. The van der Waals surface area contributed by atoms with Crippen molar-refractivity contribution in [2.24, 2.45) is 5.92 Å². The number of rotatable bonds is 3. The highest BCUT2D eigenvalue weighted by Crippen LogP contribution is 2.54. The Labute approximate surface area is 129 Å². The van der Waals surface area contributed by atoms with Crippen molar-refractivity contribution >= 4 is 0 Å². The summed E-state index contributed by atoms with van der Waals surface area (Å²) in [6, 6.07) is 6.77. The van der Waals surface area contributed by atoms with Crippen LogP contribution in [0.2, 0.25) is 0 Å². The third-order valence-electron chi connectivity index (χ3n) is 5.98. The molecule has 0 heterocycles. The fraction of sp³-hybridized carbons (Fsp3) is 0.684. The van der Waals surface area contributed by atoms with Crippen LogP contribution in [0.5, 0.6) is 5.75 Å². The monoisotopic (exact) mass is 287 g/mol. The predicted octanol–water partition coefficient (Wildman–Crippen LogP) is 4.11. The summed E-state index contributed by atoms with van der Waals surface area (Å²) >= 11 is 0. The summed E-state index contributed by atoms with van der Waals surface area (Å²) in [6.07, 6.45) is 8.98. The molecule has 0 aliphatic heterocycles. The summed E-state index contributed by atoms with van der Waals surface area (Å²) < 4.78 is 0. The van der Waals surface area contributed by atoms with E-state index >= 15 is 0 Å². The minimum absolute atomic E-state index is 0.300. The average molecular weight is 287 g/mol. The molecule has 1 saturated carbocycles. The van der Waals surface area contributed by atoms with Gasteiger partial charge in [0.1, 0.15) is 5.75 Å². The van der Waals surface area contributed by atoms with E-state index in [1.807, 2.05) is 6.07 Å². The topological polar surface area (TPSA) is 23.5 Å². The molecular weight excluding hydrogens is 258 g/mol. The van der Waals surface area contributed by atoms with Crippen LogP contribution >= 0.6 is 0 Å². The van der Waals surface area contributed by atoms with Gasteiger partial charge in [-0.2, -0.15) is 0 Å². The normalized spacial score (nSPS) is 31.8. The first-order valence-electron chi connectivity index (χ1n) is 8.57. The average Bonchev–Trinajstić information content (AvgIpc) is 2.47. The van der Waals surface area contributed by atoms with E-state index < -0.39 is 0 Å². The Kier molecular flexibility index (Phi) is 4.00. The Morgan fingerprint density at radius 3 is 2.81 bits per heavy atom. The van der Waals surface area contributed by atoms with Crippen molar-refractivity contribution in [3.8, 4) is 5.75 Å². The molecule has 3 atom stereocenters. The second-order valence-electron chi connectivity index (χ2n) is 7.33.